The van der Waals surface area contributed by atoms with E-state index in [2.05, 4.69) is 12.2 Å². The monoisotopic (exact) mass is 218 g/mol. The summed E-state index contributed by atoms with van der Waals surface area (Å²) >= 11 is 0. The summed E-state index contributed by atoms with van der Waals surface area (Å²) in [4.78, 5) is 10.2. The van der Waals surface area contributed by atoms with Gasteiger partial charge in [-0.25, -0.2) is 0 Å². The highest BCUT2D eigenvalue weighted by Gasteiger charge is 2.12. The molecule has 1 heterocycles. The van der Waals surface area contributed by atoms with Gasteiger partial charge < -0.3 is 5.11 Å². The van der Waals surface area contributed by atoms with Gasteiger partial charge in [-0.05, 0) is 19.3 Å². The van der Waals surface area contributed by atoms with Crippen LogP contribution in [-0.2, 0) is 4.79 Å². The van der Waals surface area contributed by atoms with Gasteiger partial charge in [0.2, 0.25) is 0 Å². The number of hydrogen-bond acceptors (Lipinski definition) is 3. The first-order valence-electron chi connectivity index (χ1n) is 4.46. The van der Waals surface area contributed by atoms with Crippen molar-refractivity contribution in [2.24, 2.45) is 0 Å². The van der Waals surface area contributed by atoms with Crippen molar-refractivity contribution in [1.29, 1.82) is 0 Å². The molecule has 0 spiro atoms. The average molecular weight is 218 g/mol. The molecule has 74 valence electrons. The van der Waals surface area contributed by atoms with E-state index in [9.17, 15) is 4.79 Å². The second kappa shape index (κ2) is 6.38. The zero-order chi connectivity index (χ0) is 9.52. The minimum atomic E-state index is -0.695. The molecule has 0 bridgehead atoms. The second-order valence-electron chi connectivity index (χ2n) is 2.96. The van der Waals surface area contributed by atoms with Gasteiger partial charge in [-0.2, -0.15) is 0 Å². The van der Waals surface area contributed by atoms with Crippen molar-refractivity contribution in [3.63, 3.8) is 0 Å². The molecule has 1 fully saturated rings. The summed E-state index contributed by atoms with van der Waals surface area (Å²) in [5.41, 5.74) is 0. The van der Waals surface area contributed by atoms with E-state index in [1.165, 1.54) is 12.2 Å². The lowest BCUT2D eigenvalue weighted by molar-refractivity contribution is -0.137. The lowest BCUT2D eigenvalue weighted by Gasteiger charge is -1.97. The Morgan fingerprint density at radius 3 is 3.08 bits per heavy atom. The Kier molecular flexibility index (Phi) is 5.39. The fourth-order valence-corrected chi connectivity index (χ4v) is 3.84. The van der Waals surface area contributed by atoms with Crippen LogP contribution in [0.4, 0.5) is 0 Å². The molecule has 2 nitrogen and oxygen atoms in total. The van der Waals surface area contributed by atoms with Gasteiger partial charge in [-0.1, -0.05) is 33.7 Å². The largest absolute Gasteiger partial charge is 0.481 e. The van der Waals surface area contributed by atoms with Gasteiger partial charge in [0.15, 0.2) is 0 Å². The van der Waals surface area contributed by atoms with Crippen LogP contribution >= 0.6 is 21.6 Å². The van der Waals surface area contributed by atoms with Crippen LogP contribution in [0.3, 0.4) is 0 Å². The molecule has 1 saturated heterocycles. The van der Waals surface area contributed by atoms with Gasteiger partial charge in [0.25, 0.3) is 0 Å². The number of allylic oxidation sites excluding steroid dienone is 1. The Balaban J connectivity index is 2.00. The van der Waals surface area contributed by atoms with Crippen molar-refractivity contribution in [3.8, 4) is 0 Å². The maximum atomic E-state index is 10.2. The number of carboxylic acids is 1. The number of unbranched alkanes of at least 4 members (excludes halogenated alkanes) is 1. The first kappa shape index (κ1) is 11.0. The van der Waals surface area contributed by atoms with Crippen LogP contribution < -0.4 is 0 Å². The van der Waals surface area contributed by atoms with Crippen LogP contribution in [0.2, 0.25) is 0 Å². The molecule has 0 aromatic rings. The highest BCUT2D eigenvalue weighted by Crippen LogP contribution is 2.38. The Morgan fingerprint density at radius 1 is 1.62 bits per heavy atom. The maximum absolute atomic E-state index is 10.2. The second-order valence-corrected chi connectivity index (χ2v) is 5.69. The Labute approximate surface area is 86.6 Å². The molecule has 0 aliphatic carbocycles. The molecular weight excluding hydrogens is 204 g/mol. The molecule has 0 aromatic carbocycles. The summed E-state index contributed by atoms with van der Waals surface area (Å²) < 4.78 is 0. The van der Waals surface area contributed by atoms with E-state index in [0.717, 1.165) is 12.8 Å². The fraction of sp³-hybridized carbons (Fsp3) is 0.667. The smallest absolute Gasteiger partial charge is 0.303 e. The summed E-state index contributed by atoms with van der Waals surface area (Å²) in [5, 5.41) is 9.05. The molecule has 13 heavy (non-hydrogen) atoms. The van der Waals surface area contributed by atoms with Gasteiger partial charge in [0.05, 0.1) is 0 Å². The molecule has 0 radical (unpaired) electrons. The van der Waals surface area contributed by atoms with Crippen molar-refractivity contribution >= 4 is 27.6 Å². The van der Waals surface area contributed by atoms with E-state index >= 15 is 0 Å². The lowest BCUT2D eigenvalue weighted by atomic mass is 10.2. The number of carboxylic acid groups (broad SMARTS) is 1. The van der Waals surface area contributed by atoms with E-state index < -0.39 is 5.97 Å². The zero-order valence-corrected chi connectivity index (χ0v) is 9.07. The Bertz CT molecular complexity index is 186. The number of aliphatic carboxylic acids is 1. The third-order valence-electron chi connectivity index (χ3n) is 1.79. The normalized spacial score (nSPS) is 22.6. The standard InChI is InChI=1S/C9H14O2S2/c10-9(11)5-3-1-2-4-8-6-7-12-13-8/h2,4,8H,1,3,5-7H2,(H,10,11)/b4-2+. The fourth-order valence-electron chi connectivity index (χ4n) is 1.10. The Morgan fingerprint density at radius 2 is 2.46 bits per heavy atom. The summed E-state index contributed by atoms with van der Waals surface area (Å²) in [6.45, 7) is 0. The molecule has 1 unspecified atom stereocenters. The molecule has 1 atom stereocenters. The summed E-state index contributed by atoms with van der Waals surface area (Å²) in [7, 11) is 3.84. The third kappa shape index (κ3) is 5.26. The van der Waals surface area contributed by atoms with Crippen LogP contribution in [-0.4, -0.2) is 22.1 Å². The molecule has 1 aliphatic heterocycles. The van der Waals surface area contributed by atoms with Crippen molar-refractivity contribution in [1.82, 2.24) is 0 Å². The van der Waals surface area contributed by atoms with Crippen LogP contribution in [0.15, 0.2) is 12.2 Å². The van der Waals surface area contributed by atoms with Crippen LogP contribution in [0, 0.1) is 0 Å². The van der Waals surface area contributed by atoms with Crippen LogP contribution in [0.25, 0.3) is 0 Å². The van der Waals surface area contributed by atoms with E-state index in [-0.39, 0.29) is 6.42 Å². The van der Waals surface area contributed by atoms with Crippen molar-refractivity contribution in [3.05, 3.63) is 12.2 Å². The summed E-state index contributed by atoms with van der Waals surface area (Å²) in [6.07, 6.45) is 7.53. The van der Waals surface area contributed by atoms with Gasteiger partial charge in [0.1, 0.15) is 0 Å². The molecule has 0 amide bonds. The van der Waals surface area contributed by atoms with E-state index in [1.54, 1.807) is 0 Å². The number of rotatable bonds is 5. The Hall–Kier alpha value is -0.0900. The first-order chi connectivity index (χ1) is 6.29. The van der Waals surface area contributed by atoms with E-state index in [4.69, 9.17) is 5.11 Å². The molecule has 0 saturated carbocycles. The molecule has 4 heteroatoms. The van der Waals surface area contributed by atoms with E-state index in [1.807, 2.05) is 21.6 Å². The number of hydrogen-bond donors (Lipinski definition) is 1. The van der Waals surface area contributed by atoms with E-state index in [0.29, 0.717) is 5.25 Å². The summed E-state index contributed by atoms with van der Waals surface area (Å²) in [5.74, 6) is 0.550. The van der Waals surface area contributed by atoms with Crippen LogP contribution in [0.1, 0.15) is 25.7 Å². The third-order valence-corrected chi connectivity index (χ3v) is 4.62. The van der Waals surface area contributed by atoms with Gasteiger partial charge in [0, 0.05) is 17.4 Å². The first-order valence-corrected chi connectivity index (χ1v) is 6.84. The molecule has 0 aromatic heterocycles. The highest BCUT2D eigenvalue weighted by molar-refractivity contribution is 8.77. The predicted octanol–water partition coefficient (Wildman–Crippen LogP) is 2.95. The SMILES string of the molecule is O=C(O)CCC/C=C/C1CCSS1. The average Bonchev–Trinajstić information content (AvgIpc) is 2.55. The minimum absolute atomic E-state index is 0.289. The minimum Gasteiger partial charge on any atom is -0.481 e. The van der Waals surface area contributed by atoms with Gasteiger partial charge >= 0.3 is 5.97 Å². The lowest BCUT2D eigenvalue weighted by Crippen LogP contribution is -1.93. The topological polar surface area (TPSA) is 37.3 Å². The molecule has 1 rings (SSSR count). The quantitative estimate of drug-likeness (QED) is 0.437. The van der Waals surface area contributed by atoms with Crippen molar-refractivity contribution in [2.45, 2.75) is 30.9 Å². The molecule has 1 N–H and O–H groups in total. The van der Waals surface area contributed by atoms with Gasteiger partial charge in [-0.15, -0.1) is 0 Å². The zero-order valence-electron chi connectivity index (χ0n) is 7.44. The summed E-state index contributed by atoms with van der Waals surface area (Å²) in [6, 6.07) is 0. The maximum Gasteiger partial charge on any atom is 0.303 e. The molecule has 1 aliphatic rings. The van der Waals surface area contributed by atoms with Crippen molar-refractivity contribution < 1.29 is 9.90 Å². The predicted molar refractivity (Wildman–Crippen MR) is 59.1 cm³/mol. The van der Waals surface area contributed by atoms with Gasteiger partial charge in [-0.3, -0.25) is 4.79 Å². The van der Waals surface area contributed by atoms with Crippen LogP contribution in [0.5, 0.6) is 0 Å². The molecular formula is C9H14O2S2. The highest BCUT2D eigenvalue weighted by atomic mass is 33.1. The number of carbonyl (C=O) groups is 1. The van der Waals surface area contributed by atoms with Crippen molar-refractivity contribution in [2.75, 3.05) is 5.75 Å².